The van der Waals surface area contributed by atoms with E-state index in [0.29, 0.717) is 0 Å². The number of thiophene rings is 1. The van der Waals surface area contributed by atoms with Gasteiger partial charge < -0.3 is 9.88 Å². The monoisotopic (exact) mass is 712 g/mol. The lowest BCUT2D eigenvalue weighted by Gasteiger charge is -2.13. The second-order valence-corrected chi connectivity index (χ2v) is 15.9. The van der Waals surface area contributed by atoms with Crippen molar-refractivity contribution in [2.45, 2.75) is 10.3 Å². The highest BCUT2D eigenvalue weighted by Crippen LogP contribution is 2.53. The minimum Gasteiger partial charge on any atom is -0.368 e. The molecule has 2 nitrogen and oxygen atoms in total. The van der Waals surface area contributed by atoms with Gasteiger partial charge in [-0.2, -0.15) is 0 Å². The normalized spacial score (nSPS) is 13.9. The molecule has 1 unspecified atom stereocenters. The Hall–Kier alpha value is -6.07. The molecule has 1 atom stereocenters. The molecule has 0 saturated carbocycles. The fourth-order valence-electron chi connectivity index (χ4n) is 8.11. The van der Waals surface area contributed by atoms with E-state index in [4.69, 9.17) is 0 Å². The molecule has 53 heavy (non-hydrogen) atoms. The number of hydrogen-bond acceptors (Lipinski definition) is 3. The Morgan fingerprint density at radius 1 is 0.472 bits per heavy atom. The predicted molar refractivity (Wildman–Crippen MR) is 229 cm³/mol. The van der Waals surface area contributed by atoms with Gasteiger partial charge in [0.15, 0.2) is 0 Å². The topological polar surface area (TPSA) is 17.0 Å². The second kappa shape index (κ2) is 12.3. The molecule has 1 aliphatic rings. The van der Waals surface area contributed by atoms with Crippen LogP contribution in [0.2, 0.25) is 0 Å². The van der Waals surface area contributed by atoms with Crippen LogP contribution in [0.25, 0.3) is 81.0 Å². The minimum atomic E-state index is 0.158. The van der Waals surface area contributed by atoms with Crippen molar-refractivity contribution in [1.82, 2.24) is 4.57 Å². The lowest BCUT2D eigenvalue weighted by atomic mass is 10.0. The number of rotatable bonds is 5. The molecule has 0 spiro atoms. The number of para-hydroxylation sites is 1. The predicted octanol–water partition coefficient (Wildman–Crippen LogP) is 14.4. The summed E-state index contributed by atoms with van der Waals surface area (Å²) in [5.41, 5.74) is 13.6. The van der Waals surface area contributed by atoms with E-state index in [1.807, 2.05) is 23.1 Å². The van der Waals surface area contributed by atoms with Crippen molar-refractivity contribution in [2.75, 3.05) is 5.32 Å². The molecule has 11 rings (SSSR count). The zero-order chi connectivity index (χ0) is 34.9. The Morgan fingerprint density at radius 3 is 1.92 bits per heavy atom. The van der Waals surface area contributed by atoms with E-state index in [2.05, 4.69) is 192 Å². The van der Waals surface area contributed by atoms with Gasteiger partial charge in [0.05, 0.1) is 16.7 Å². The van der Waals surface area contributed by atoms with E-state index in [0.717, 1.165) is 0 Å². The summed E-state index contributed by atoms with van der Waals surface area (Å²) >= 11 is 3.81. The number of hydrogen-bond donors (Lipinski definition) is 1. The molecule has 0 amide bonds. The van der Waals surface area contributed by atoms with Crippen LogP contribution in [0.3, 0.4) is 0 Å². The van der Waals surface area contributed by atoms with Crippen molar-refractivity contribution in [2.24, 2.45) is 0 Å². The van der Waals surface area contributed by atoms with Gasteiger partial charge in [-0.25, -0.2) is 0 Å². The van der Waals surface area contributed by atoms with Gasteiger partial charge in [0.1, 0.15) is 5.37 Å². The summed E-state index contributed by atoms with van der Waals surface area (Å²) in [6, 6.07) is 66.4. The third kappa shape index (κ3) is 5.02. The van der Waals surface area contributed by atoms with Crippen LogP contribution in [0, 0.1) is 0 Å². The maximum Gasteiger partial charge on any atom is 0.103 e. The Balaban J connectivity index is 0.912. The van der Waals surface area contributed by atoms with Gasteiger partial charge in [-0.3, -0.25) is 0 Å². The molecule has 0 fully saturated rings. The number of fused-ring (bicyclic) bond motifs is 8. The van der Waals surface area contributed by atoms with E-state index >= 15 is 0 Å². The van der Waals surface area contributed by atoms with E-state index in [1.165, 1.54) is 97.2 Å². The van der Waals surface area contributed by atoms with Crippen molar-refractivity contribution >= 4 is 70.8 Å². The Labute approximate surface area is 316 Å². The standard InChI is InChI=1S/C49H32N2S2/c1-3-10-31(11-4-1)32-22-25-37(26-23-32)51-42-17-8-7-14-39(42)41-30-36(24-27-43(41)51)33-18-20-35(21-19-33)49-50-47-45(53-49)29-28-44-46(47)40-16-9-15-38(48(40)52-44)34-12-5-2-6-13-34/h1-30,49-50H. The number of nitrogens with one attached hydrogen (secondary N) is 1. The molecule has 1 N–H and O–H groups in total. The molecule has 8 aromatic carbocycles. The molecule has 0 bridgehead atoms. The summed E-state index contributed by atoms with van der Waals surface area (Å²) in [6.45, 7) is 0. The summed E-state index contributed by atoms with van der Waals surface area (Å²) in [5.74, 6) is 0. The van der Waals surface area contributed by atoms with E-state index in [1.54, 1.807) is 0 Å². The second-order valence-electron chi connectivity index (χ2n) is 13.7. The lowest BCUT2D eigenvalue weighted by molar-refractivity contribution is 1.14. The molecule has 1 aliphatic heterocycles. The van der Waals surface area contributed by atoms with Crippen LogP contribution in [0.15, 0.2) is 187 Å². The summed E-state index contributed by atoms with van der Waals surface area (Å²) in [7, 11) is 0. The van der Waals surface area contributed by atoms with Crippen molar-refractivity contribution in [3.05, 3.63) is 188 Å². The number of benzene rings is 8. The molecule has 10 aromatic rings. The van der Waals surface area contributed by atoms with Gasteiger partial charge >= 0.3 is 0 Å². The van der Waals surface area contributed by atoms with Crippen molar-refractivity contribution in [3.8, 4) is 39.1 Å². The highest BCUT2D eigenvalue weighted by atomic mass is 32.2. The average Bonchev–Trinajstić information content (AvgIpc) is 3.93. The third-order valence-electron chi connectivity index (χ3n) is 10.7. The van der Waals surface area contributed by atoms with Gasteiger partial charge in [-0.05, 0) is 81.4 Å². The molecular weight excluding hydrogens is 681 g/mol. The summed E-state index contributed by atoms with van der Waals surface area (Å²) in [4.78, 5) is 1.31. The quantitative estimate of drug-likeness (QED) is 0.191. The Bertz CT molecular complexity index is 2980. The van der Waals surface area contributed by atoms with Crippen LogP contribution >= 0.6 is 23.1 Å². The Kier molecular flexibility index (Phi) is 7.07. The van der Waals surface area contributed by atoms with Crippen molar-refractivity contribution in [3.63, 3.8) is 0 Å². The minimum absolute atomic E-state index is 0.158. The maximum absolute atomic E-state index is 3.93. The zero-order valence-electron chi connectivity index (χ0n) is 28.7. The lowest BCUT2D eigenvalue weighted by Crippen LogP contribution is -2.01. The first-order valence-corrected chi connectivity index (χ1v) is 19.7. The van der Waals surface area contributed by atoms with Crippen LogP contribution in [-0.4, -0.2) is 4.57 Å². The number of thioether (sulfide) groups is 1. The van der Waals surface area contributed by atoms with Crippen LogP contribution in [0.4, 0.5) is 5.69 Å². The smallest absolute Gasteiger partial charge is 0.103 e. The number of anilines is 1. The van der Waals surface area contributed by atoms with Gasteiger partial charge in [-0.1, -0.05) is 151 Å². The van der Waals surface area contributed by atoms with Gasteiger partial charge in [0.25, 0.3) is 0 Å². The maximum atomic E-state index is 3.93. The van der Waals surface area contributed by atoms with Crippen LogP contribution < -0.4 is 5.32 Å². The highest BCUT2D eigenvalue weighted by molar-refractivity contribution is 8.00. The molecular formula is C49H32N2S2. The first kappa shape index (κ1) is 30.5. The van der Waals surface area contributed by atoms with E-state index in [-0.39, 0.29) is 5.37 Å². The summed E-state index contributed by atoms with van der Waals surface area (Å²) in [6.07, 6.45) is 0. The molecule has 250 valence electrons. The van der Waals surface area contributed by atoms with Crippen LogP contribution in [-0.2, 0) is 0 Å². The van der Waals surface area contributed by atoms with Gasteiger partial charge in [-0.15, -0.1) is 11.3 Å². The molecule has 0 aliphatic carbocycles. The number of nitrogens with zero attached hydrogens (tertiary/aromatic N) is 1. The largest absolute Gasteiger partial charge is 0.368 e. The van der Waals surface area contributed by atoms with Gasteiger partial charge in [0.2, 0.25) is 0 Å². The fraction of sp³-hybridized carbons (Fsp3) is 0.0204. The fourth-order valence-corrected chi connectivity index (χ4v) is 10.5. The van der Waals surface area contributed by atoms with Crippen LogP contribution in [0.5, 0.6) is 0 Å². The van der Waals surface area contributed by atoms with E-state index < -0.39 is 0 Å². The molecule has 4 heteroatoms. The highest BCUT2D eigenvalue weighted by Gasteiger charge is 2.27. The van der Waals surface area contributed by atoms with Gasteiger partial charge in [0, 0.05) is 41.5 Å². The zero-order valence-corrected chi connectivity index (χ0v) is 30.3. The Morgan fingerprint density at radius 2 is 1.11 bits per heavy atom. The first-order chi connectivity index (χ1) is 26.3. The molecule has 3 heterocycles. The van der Waals surface area contributed by atoms with Crippen molar-refractivity contribution in [1.29, 1.82) is 0 Å². The summed E-state index contributed by atoms with van der Waals surface area (Å²) in [5, 5.41) is 9.29. The molecule has 2 aromatic heterocycles. The summed E-state index contributed by atoms with van der Waals surface area (Å²) < 4.78 is 5.07. The third-order valence-corrected chi connectivity index (χ3v) is 13.1. The van der Waals surface area contributed by atoms with Crippen LogP contribution in [0.1, 0.15) is 10.9 Å². The van der Waals surface area contributed by atoms with E-state index in [9.17, 15) is 0 Å². The first-order valence-electron chi connectivity index (χ1n) is 18.0. The average molecular weight is 713 g/mol. The molecule has 0 radical (unpaired) electrons. The number of aromatic nitrogens is 1. The SMILES string of the molecule is c1ccc(-c2ccc(-n3c4ccccc4c4cc(-c5ccc(C6Nc7c(ccc8sc9c(-c%10ccccc%10)cccc9c78)S6)cc5)ccc43)cc2)cc1. The molecule has 0 saturated heterocycles. The van der Waals surface area contributed by atoms with Crippen molar-refractivity contribution < 1.29 is 0 Å².